The van der Waals surface area contributed by atoms with Crippen LogP contribution in [0.2, 0.25) is 0 Å². The number of benzene rings is 3. The molecule has 0 atom stereocenters. The molecule has 128 valence electrons. The fraction of sp³-hybridized carbons (Fsp3) is 0. The van der Waals surface area contributed by atoms with E-state index in [4.69, 9.17) is 18.6 Å². The van der Waals surface area contributed by atoms with Gasteiger partial charge in [-0.3, -0.25) is 0 Å². The van der Waals surface area contributed by atoms with Gasteiger partial charge in [-0.05, 0) is 12.1 Å². The van der Waals surface area contributed by atoms with Crippen LogP contribution in [0.4, 0.5) is 31.5 Å². The Labute approximate surface area is 161 Å². The summed E-state index contributed by atoms with van der Waals surface area (Å²) in [6.45, 7) is 0. The minimum atomic E-state index is -0.556. The Bertz CT molecular complexity index is 752. The zero-order valence-electron chi connectivity index (χ0n) is 12.8. The number of para-hydroxylation sites is 4. The van der Waals surface area contributed by atoms with Crippen LogP contribution in [0.3, 0.4) is 0 Å². The van der Waals surface area contributed by atoms with Crippen LogP contribution in [0.25, 0.3) is 10.6 Å². The van der Waals surface area contributed by atoms with Gasteiger partial charge in [0.2, 0.25) is 0 Å². The van der Waals surface area contributed by atoms with Gasteiger partial charge in [-0.2, -0.15) is 11.4 Å². The molecule has 0 amide bonds. The molecule has 0 aliphatic rings. The van der Waals surface area contributed by atoms with E-state index in [1.165, 1.54) is 12.1 Å². The van der Waals surface area contributed by atoms with Crippen LogP contribution in [0.5, 0.6) is 0 Å². The number of rotatable bonds is 4. The molecule has 3 aromatic carbocycles. The van der Waals surface area contributed by atoms with Gasteiger partial charge in [0, 0.05) is 0 Å². The molecular formula is C18H12Cl2F2N2Ti-2. The molecule has 0 radical (unpaired) electrons. The van der Waals surface area contributed by atoms with Crippen molar-refractivity contribution in [1.29, 1.82) is 0 Å². The third-order valence-corrected chi connectivity index (χ3v) is 3.07. The quantitative estimate of drug-likeness (QED) is 0.388. The Kier molecular flexibility index (Phi) is 8.22. The predicted molar refractivity (Wildman–Crippen MR) is 96.3 cm³/mol. The van der Waals surface area contributed by atoms with E-state index in [2.05, 4.69) is 10.6 Å². The van der Waals surface area contributed by atoms with Crippen molar-refractivity contribution in [3.8, 4) is 0 Å². The molecule has 0 bridgehead atoms. The summed E-state index contributed by atoms with van der Waals surface area (Å²) in [4.78, 5) is 0. The first-order valence-electron chi connectivity index (χ1n) is 7.13. The predicted octanol–water partition coefficient (Wildman–Crippen LogP) is 8.02. The van der Waals surface area contributed by atoms with Crippen LogP contribution in [-0.4, -0.2) is 0 Å². The third-order valence-electron chi connectivity index (χ3n) is 3.07. The number of halogens is 4. The fourth-order valence-electron chi connectivity index (χ4n) is 2.00. The molecular weight excluding hydrogens is 401 g/mol. The maximum absolute atomic E-state index is 13.7. The van der Waals surface area contributed by atoms with Crippen LogP contribution in [0.1, 0.15) is 0 Å². The Morgan fingerprint density at radius 1 is 0.560 bits per heavy atom. The molecule has 3 rings (SSSR count). The maximum atomic E-state index is 13.7. The van der Waals surface area contributed by atoms with Crippen LogP contribution >= 0.6 is 18.6 Å². The molecule has 25 heavy (non-hydrogen) atoms. The summed E-state index contributed by atoms with van der Waals surface area (Å²) in [6, 6.07) is 19.4. The van der Waals surface area contributed by atoms with Gasteiger partial charge < -0.3 is 10.6 Å². The van der Waals surface area contributed by atoms with Crippen molar-refractivity contribution < 1.29 is 25.8 Å². The van der Waals surface area contributed by atoms with Gasteiger partial charge in [-0.1, -0.05) is 72.0 Å². The fourth-order valence-corrected chi connectivity index (χ4v) is 2.00. The summed E-state index contributed by atoms with van der Waals surface area (Å²) in [7, 11) is 9.78. The van der Waals surface area contributed by atoms with Gasteiger partial charge >= 0.3 is 35.6 Å². The molecule has 0 saturated heterocycles. The van der Waals surface area contributed by atoms with Crippen molar-refractivity contribution >= 4 is 41.4 Å². The zero-order valence-corrected chi connectivity index (χ0v) is 15.9. The van der Waals surface area contributed by atoms with Crippen molar-refractivity contribution in [1.82, 2.24) is 0 Å². The van der Waals surface area contributed by atoms with Gasteiger partial charge in [0.1, 0.15) is 11.6 Å². The topological polar surface area (TPSA) is 28.2 Å². The van der Waals surface area contributed by atoms with Gasteiger partial charge in [0.25, 0.3) is 0 Å². The summed E-state index contributed by atoms with van der Waals surface area (Å²) in [5, 5.41) is 8.55. The molecule has 0 aliphatic heterocycles. The van der Waals surface area contributed by atoms with Crippen molar-refractivity contribution in [3.63, 3.8) is 0 Å². The van der Waals surface area contributed by atoms with E-state index in [9.17, 15) is 8.78 Å². The van der Waals surface area contributed by atoms with E-state index in [-0.39, 0.29) is 11.4 Å². The molecule has 0 heterocycles. The normalized spacial score (nSPS) is 9.60. The Morgan fingerprint density at radius 3 is 1.16 bits per heavy atom. The third kappa shape index (κ3) is 6.01. The van der Waals surface area contributed by atoms with E-state index in [1.807, 2.05) is 0 Å². The first-order chi connectivity index (χ1) is 12.2. The number of nitrogens with zero attached hydrogens (tertiary/aromatic N) is 2. The van der Waals surface area contributed by atoms with Crippen LogP contribution in [0, 0.1) is 11.6 Å². The number of hydrogen-bond donors (Lipinski definition) is 0. The van der Waals surface area contributed by atoms with Crippen molar-refractivity contribution in [2.75, 3.05) is 0 Å². The van der Waals surface area contributed by atoms with Gasteiger partial charge in [0.05, 0.1) is 0 Å². The second kappa shape index (κ2) is 10.4. The summed E-state index contributed by atoms with van der Waals surface area (Å²) >= 11 is -0.556. The van der Waals surface area contributed by atoms with E-state index in [1.54, 1.807) is 60.7 Å². The summed E-state index contributed by atoms with van der Waals surface area (Å²) in [5.74, 6) is -0.827. The summed E-state index contributed by atoms with van der Waals surface area (Å²) in [5.41, 5.74) is 1.41. The minimum absolute atomic E-state index is 0.221. The summed E-state index contributed by atoms with van der Waals surface area (Å²) < 4.78 is 27.4. The zero-order chi connectivity index (χ0) is 18.1. The second-order valence-electron chi connectivity index (χ2n) is 4.69. The van der Waals surface area contributed by atoms with Gasteiger partial charge in [-0.15, -0.1) is 0 Å². The average molecular weight is 413 g/mol. The molecule has 0 spiro atoms. The van der Waals surface area contributed by atoms with Crippen LogP contribution in [0.15, 0.2) is 72.8 Å². The van der Waals surface area contributed by atoms with E-state index >= 15 is 0 Å². The summed E-state index contributed by atoms with van der Waals surface area (Å²) in [6.07, 6.45) is 0. The molecule has 0 aliphatic carbocycles. The molecule has 2 nitrogen and oxygen atoms in total. The van der Waals surface area contributed by atoms with E-state index < -0.39 is 28.7 Å². The molecule has 0 fully saturated rings. The SMILES string of the molecule is Fc1ccccc1[N-]c1ccccc1[N-]c1ccccc1F.[Cl][Ti][Cl]. The molecule has 0 unspecified atom stereocenters. The number of hydrogen-bond acceptors (Lipinski definition) is 0. The molecule has 0 saturated carbocycles. The van der Waals surface area contributed by atoms with Crippen molar-refractivity contribution in [2.24, 2.45) is 0 Å². The monoisotopic (exact) mass is 412 g/mol. The Balaban J connectivity index is 0.000000701. The van der Waals surface area contributed by atoms with E-state index in [0.29, 0.717) is 11.4 Å². The van der Waals surface area contributed by atoms with Crippen molar-refractivity contribution in [3.05, 3.63) is 95.1 Å². The molecule has 3 aromatic rings. The van der Waals surface area contributed by atoms with Gasteiger partial charge in [0.15, 0.2) is 0 Å². The second-order valence-corrected chi connectivity index (χ2v) is 7.27. The van der Waals surface area contributed by atoms with Crippen LogP contribution < -0.4 is 0 Å². The van der Waals surface area contributed by atoms with E-state index in [0.717, 1.165) is 0 Å². The Hall–Kier alpha value is -1.59. The molecule has 7 heteroatoms. The molecule has 0 N–H and O–H groups in total. The molecule has 0 aromatic heterocycles. The first kappa shape index (κ1) is 19.7. The average Bonchev–Trinajstić information content (AvgIpc) is 2.61. The van der Waals surface area contributed by atoms with Crippen molar-refractivity contribution in [2.45, 2.75) is 0 Å². The first-order valence-corrected chi connectivity index (χ1v) is 11.4. The Morgan fingerprint density at radius 2 is 0.840 bits per heavy atom. The standard InChI is InChI=1S/C18H12F2N2.2ClH.Ti/c19-13-7-1-3-9-15(13)21-17-11-5-6-12-18(17)22-16-10-4-2-8-14(16)20;;;/h1-12H;2*1H;/q-2;;;+2/p-2. The van der Waals surface area contributed by atoms with Crippen LogP contribution in [-0.2, 0) is 17.0 Å². The van der Waals surface area contributed by atoms with Gasteiger partial charge in [-0.25, -0.2) is 8.78 Å².